The van der Waals surface area contributed by atoms with Gasteiger partial charge in [-0.25, -0.2) is 0 Å². The molecule has 0 spiro atoms. The van der Waals surface area contributed by atoms with Crippen molar-refractivity contribution in [3.05, 3.63) is 29.8 Å². The predicted octanol–water partition coefficient (Wildman–Crippen LogP) is 0.920. The second-order valence-corrected chi connectivity index (χ2v) is 4.54. The fourth-order valence-corrected chi connectivity index (χ4v) is 1.66. The number of carbonyl (C=O) groups excluding carboxylic acids is 2. The summed E-state index contributed by atoms with van der Waals surface area (Å²) >= 11 is 0. The number of amides is 2. The van der Waals surface area contributed by atoms with Gasteiger partial charge in [0.05, 0.1) is 5.56 Å². The molecule has 0 bridgehead atoms. The SMILES string of the molecule is CCN(C)C(=O)C(C)NC(=O)COc1ccccc1C#N. The Morgan fingerprint density at radius 1 is 1.43 bits per heavy atom. The summed E-state index contributed by atoms with van der Waals surface area (Å²) in [6.07, 6.45) is 0. The van der Waals surface area contributed by atoms with E-state index in [2.05, 4.69) is 5.32 Å². The van der Waals surface area contributed by atoms with E-state index >= 15 is 0 Å². The maximum Gasteiger partial charge on any atom is 0.258 e. The van der Waals surface area contributed by atoms with Gasteiger partial charge in [0, 0.05) is 13.6 Å². The third-order valence-corrected chi connectivity index (χ3v) is 2.96. The smallest absolute Gasteiger partial charge is 0.258 e. The molecule has 2 amide bonds. The molecule has 0 saturated heterocycles. The maximum absolute atomic E-state index is 11.8. The van der Waals surface area contributed by atoms with E-state index in [0.29, 0.717) is 17.9 Å². The Morgan fingerprint density at radius 3 is 2.71 bits per heavy atom. The second kappa shape index (κ2) is 7.90. The summed E-state index contributed by atoms with van der Waals surface area (Å²) in [6, 6.07) is 8.03. The van der Waals surface area contributed by atoms with Gasteiger partial charge in [-0.1, -0.05) is 12.1 Å². The van der Waals surface area contributed by atoms with Gasteiger partial charge in [0.1, 0.15) is 17.9 Å². The number of nitrogens with zero attached hydrogens (tertiary/aromatic N) is 2. The lowest BCUT2D eigenvalue weighted by molar-refractivity contribution is -0.135. The molecule has 0 saturated carbocycles. The molecule has 1 unspecified atom stereocenters. The van der Waals surface area contributed by atoms with E-state index in [1.54, 1.807) is 38.2 Å². The Bertz CT molecular complexity index is 551. The summed E-state index contributed by atoms with van der Waals surface area (Å²) in [5.41, 5.74) is 0.361. The average molecular weight is 289 g/mol. The first-order valence-corrected chi connectivity index (χ1v) is 6.65. The van der Waals surface area contributed by atoms with Crippen LogP contribution in [0.25, 0.3) is 0 Å². The van der Waals surface area contributed by atoms with Gasteiger partial charge >= 0.3 is 0 Å². The van der Waals surface area contributed by atoms with Crippen molar-refractivity contribution in [1.29, 1.82) is 5.26 Å². The first-order chi connectivity index (χ1) is 9.99. The van der Waals surface area contributed by atoms with Crippen LogP contribution in [-0.2, 0) is 9.59 Å². The molecule has 1 N–H and O–H groups in total. The summed E-state index contributed by atoms with van der Waals surface area (Å²) in [7, 11) is 1.67. The number of nitriles is 1. The van der Waals surface area contributed by atoms with Crippen LogP contribution >= 0.6 is 0 Å². The third kappa shape index (κ3) is 4.80. The molecule has 0 aliphatic carbocycles. The minimum Gasteiger partial charge on any atom is -0.482 e. The summed E-state index contributed by atoms with van der Waals surface area (Å²) in [5.74, 6) is -0.226. The van der Waals surface area contributed by atoms with E-state index in [9.17, 15) is 9.59 Å². The molecule has 0 radical (unpaired) electrons. The monoisotopic (exact) mass is 289 g/mol. The Labute approximate surface area is 124 Å². The Morgan fingerprint density at radius 2 is 2.10 bits per heavy atom. The molecule has 1 aromatic rings. The Hall–Kier alpha value is -2.55. The van der Waals surface area contributed by atoms with E-state index in [-0.39, 0.29) is 12.5 Å². The van der Waals surface area contributed by atoms with Gasteiger partial charge < -0.3 is 15.0 Å². The van der Waals surface area contributed by atoms with Gasteiger partial charge in [0.25, 0.3) is 5.91 Å². The first kappa shape index (κ1) is 16.5. The number of para-hydroxylation sites is 1. The number of hydrogen-bond donors (Lipinski definition) is 1. The topological polar surface area (TPSA) is 82.4 Å². The minimum absolute atomic E-state index is 0.164. The van der Waals surface area contributed by atoms with Crippen LogP contribution < -0.4 is 10.1 Å². The van der Waals surface area contributed by atoms with Crippen molar-refractivity contribution < 1.29 is 14.3 Å². The van der Waals surface area contributed by atoms with Crippen LogP contribution in [0.4, 0.5) is 0 Å². The van der Waals surface area contributed by atoms with Crippen LogP contribution in [0.3, 0.4) is 0 Å². The van der Waals surface area contributed by atoms with E-state index in [1.165, 1.54) is 4.90 Å². The molecular formula is C15H19N3O3. The van der Waals surface area contributed by atoms with Crippen LogP contribution in [0.15, 0.2) is 24.3 Å². The summed E-state index contributed by atoms with van der Waals surface area (Å²) < 4.78 is 5.30. The Kier molecular flexibility index (Phi) is 6.21. The highest BCUT2D eigenvalue weighted by Crippen LogP contribution is 2.16. The highest BCUT2D eigenvalue weighted by Gasteiger charge is 2.18. The molecule has 6 heteroatoms. The molecule has 0 aromatic heterocycles. The summed E-state index contributed by atoms with van der Waals surface area (Å²) in [6.45, 7) is 3.81. The number of benzene rings is 1. The molecule has 6 nitrogen and oxygen atoms in total. The quantitative estimate of drug-likeness (QED) is 0.844. The molecule has 112 valence electrons. The maximum atomic E-state index is 11.8. The predicted molar refractivity (Wildman–Crippen MR) is 77.6 cm³/mol. The van der Waals surface area contributed by atoms with Gasteiger partial charge in [-0.15, -0.1) is 0 Å². The zero-order valence-electron chi connectivity index (χ0n) is 12.4. The fraction of sp³-hybridized carbons (Fsp3) is 0.400. The fourth-order valence-electron chi connectivity index (χ4n) is 1.66. The van der Waals surface area contributed by atoms with Gasteiger partial charge in [-0.2, -0.15) is 5.26 Å². The van der Waals surface area contributed by atoms with Gasteiger partial charge in [-0.05, 0) is 26.0 Å². The van der Waals surface area contributed by atoms with Crippen molar-refractivity contribution >= 4 is 11.8 Å². The van der Waals surface area contributed by atoms with Crippen LogP contribution in [-0.4, -0.2) is 43.0 Å². The minimum atomic E-state index is -0.614. The zero-order chi connectivity index (χ0) is 15.8. The lowest BCUT2D eigenvalue weighted by atomic mass is 10.2. The average Bonchev–Trinajstić information content (AvgIpc) is 2.51. The molecule has 1 aromatic carbocycles. The summed E-state index contributed by atoms with van der Waals surface area (Å²) in [4.78, 5) is 25.1. The van der Waals surface area contributed by atoms with Crippen molar-refractivity contribution in [2.45, 2.75) is 19.9 Å². The lowest BCUT2D eigenvalue weighted by Gasteiger charge is -2.20. The normalized spacial score (nSPS) is 11.1. The number of ether oxygens (including phenoxy) is 1. The first-order valence-electron chi connectivity index (χ1n) is 6.65. The van der Waals surface area contributed by atoms with Crippen molar-refractivity contribution in [3.63, 3.8) is 0 Å². The van der Waals surface area contributed by atoms with E-state index in [4.69, 9.17) is 10.00 Å². The summed E-state index contributed by atoms with van der Waals surface area (Å²) in [5, 5.41) is 11.5. The third-order valence-electron chi connectivity index (χ3n) is 2.96. The molecular weight excluding hydrogens is 270 g/mol. The lowest BCUT2D eigenvalue weighted by Crippen LogP contribution is -2.46. The van der Waals surface area contributed by atoms with E-state index in [0.717, 1.165) is 0 Å². The molecule has 21 heavy (non-hydrogen) atoms. The standard InChI is InChI=1S/C15H19N3O3/c1-4-18(3)15(20)11(2)17-14(19)10-21-13-8-6-5-7-12(13)9-16/h5-8,11H,4,10H2,1-3H3,(H,17,19). The second-order valence-electron chi connectivity index (χ2n) is 4.54. The molecule has 0 aliphatic heterocycles. The number of carbonyl (C=O) groups is 2. The van der Waals surface area contributed by atoms with Gasteiger partial charge in [0.2, 0.25) is 5.91 Å². The van der Waals surface area contributed by atoms with Crippen molar-refractivity contribution in [2.75, 3.05) is 20.2 Å². The zero-order valence-corrected chi connectivity index (χ0v) is 12.4. The van der Waals surface area contributed by atoms with E-state index < -0.39 is 11.9 Å². The van der Waals surface area contributed by atoms with Crippen molar-refractivity contribution in [1.82, 2.24) is 10.2 Å². The van der Waals surface area contributed by atoms with Crippen molar-refractivity contribution in [3.8, 4) is 11.8 Å². The number of hydrogen-bond acceptors (Lipinski definition) is 4. The molecule has 0 fully saturated rings. The number of rotatable bonds is 6. The number of likely N-dealkylation sites (N-methyl/N-ethyl adjacent to an activating group) is 1. The van der Waals surface area contributed by atoms with Crippen LogP contribution in [0.5, 0.6) is 5.75 Å². The van der Waals surface area contributed by atoms with Crippen LogP contribution in [0.1, 0.15) is 19.4 Å². The molecule has 1 rings (SSSR count). The molecule has 1 atom stereocenters. The van der Waals surface area contributed by atoms with Crippen LogP contribution in [0, 0.1) is 11.3 Å². The number of nitrogens with one attached hydrogen (secondary N) is 1. The highest BCUT2D eigenvalue weighted by atomic mass is 16.5. The molecule has 0 aliphatic rings. The highest BCUT2D eigenvalue weighted by molar-refractivity contribution is 5.87. The van der Waals surface area contributed by atoms with E-state index in [1.807, 2.05) is 13.0 Å². The van der Waals surface area contributed by atoms with Gasteiger partial charge in [-0.3, -0.25) is 9.59 Å². The Balaban J connectivity index is 2.51. The van der Waals surface area contributed by atoms with Crippen LogP contribution in [0.2, 0.25) is 0 Å². The molecule has 0 heterocycles. The van der Waals surface area contributed by atoms with Gasteiger partial charge in [0.15, 0.2) is 6.61 Å². The van der Waals surface area contributed by atoms with Crippen molar-refractivity contribution in [2.24, 2.45) is 0 Å². The largest absolute Gasteiger partial charge is 0.482 e.